The number of carbonyl (C=O) groups excluding carboxylic acids is 2. The van der Waals surface area contributed by atoms with Crippen LogP contribution in [-0.2, 0) is 4.79 Å². The van der Waals surface area contributed by atoms with Crippen molar-refractivity contribution in [3.63, 3.8) is 0 Å². The molecule has 0 unspecified atom stereocenters. The second kappa shape index (κ2) is 7.40. The van der Waals surface area contributed by atoms with E-state index < -0.39 is 11.8 Å². The first-order chi connectivity index (χ1) is 12.6. The average molecular weight is 349 g/mol. The smallest absolute Gasteiger partial charge is 0.291 e. The van der Waals surface area contributed by atoms with E-state index in [0.717, 1.165) is 5.39 Å². The van der Waals surface area contributed by atoms with Crippen molar-refractivity contribution < 1.29 is 18.7 Å². The zero-order chi connectivity index (χ0) is 18.5. The summed E-state index contributed by atoms with van der Waals surface area (Å²) in [6.45, 7) is 0. The molecule has 2 aromatic carbocycles. The first-order valence-corrected chi connectivity index (χ1v) is 7.75. The molecule has 0 aliphatic heterocycles. The summed E-state index contributed by atoms with van der Waals surface area (Å²) in [6.07, 6.45) is -0.243. The summed E-state index contributed by atoms with van der Waals surface area (Å²) in [5, 5.41) is 14.7. The molecule has 1 heterocycles. The van der Waals surface area contributed by atoms with E-state index in [1.54, 1.807) is 36.4 Å². The largest absolute Gasteiger partial charge is 0.494 e. The van der Waals surface area contributed by atoms with Gasteiger partial charge < -0.3 is 19.8 Å². The molecule has 7 nitrogen and oxygen atoms in total. The molecule has 0 saturated heterocycles. The summed E-state index contributed by atoms with van der Waals surface area (Å²) >= 11 is 0. The van der Waals surface area contributed by atoms with Crippen molar-refractivity contribution in [3.05, 3.63) is 54.3 Å². The highest BCUT2D eigenvalue weighted by molar-refractivity contribution is 6.05. The van der Waals surface area contributed by atoms with Gasteiger partial charge in [0.1, 0.15) is 17.8 Å². The van der Waals surface area contributed by atoms with Crippen molar-refractivity contribution >= 4 is 34.2 Å². The Hall–Kier alpha value is -3.79. The SMILES string of the molecule is COc1cc(NC(=O)CC#N)ccc1NC(=O)c1cc2ccccc2o1. The van der Waals surface area contributed by atoms with Crippen molar-refractivity contribution in [1.29, 1.82) is 5.26 Å². The summed E-state index contributed by atoms with van der Waals surface area (Å²) < 4.78 is 10.8. The van der Waals surface area contributed by atoms with Crippen LogP contribution in [0.3, 0.4) is 0 Å². The summed E-state index contributed by atoms with van der Waals surface area (Å²) in [7, 11) is 1.45. The second-order valence-electron chi connectivity index (χ2n) is 5.40. The third-order valence-electron chi connectivity index (χ3n) is 3.62. The van der Waals surface area contributed by atoms with Crippen LogP contribution in [0.1, 0.15) is 17.0 Å². The molecule has 130 valence electrons. The number of para-hydroxylation sites is 1. The Labute approximate surface area is 149 Å². The fraction of sp³-hybridized carbons (Fsp3) is 0.105. The minimum atomic E-state index is -0.423. The molecular weight excluding hydrogens is 334 g/mol. The number of hydrogen-bond donors (Lipinski definition) is 2. The quantitative estimate of drug-likeness (QED) is 0.733. The van der Waals surface area contributed by atoms with E-state index in [4.69, 9.17) is 14.4 Å². The van der Waals surface area contributed by atoms with Crippen molar-refractivity contribution in [2.75, 3.05) is 17.7 Å². The molecule has 0 fully saturated rings. The van der Waals surface area contributed by atoms with Crippen molar-refractivity contribution in [2.24, 2.45) is 0 Å². The lowest BCUT2D eigenvalue weighted by Gasteiger charge is -2.11. The highest BCUT2D eigenvalue weighted by Crippen LogP contribution is 2.29. The lowest BCUT2D eigenvalue weighted by Crippen LogP contribution is -2.13. The second-order valence-corrected chi connectivity index (χ2v) is 5.40. The van der Waals surface area contributed by atoms with Crippen LogP contribution in [0.5, 0.6) is 5.75 Å². The van der Waals surface area contributed by atoms with Gasteiger partial charge in [0, 0.05) is 17.1 Å². The molecule has 0 atom stereocenters. The van der Waals surface area contributed by atoms with Gasteiger partial charge in [-0.15, -0.1) is 0 Å². The molecule has 0 aliphatic carbocycles. The Balaban J connectivity index is 1.79. The molecule has 0 saturated carbocycles. The van der Waals surface area contributed by atoms with E-state index in [-0.39, 0.29) is 12.2 Å². The number of amides is 2. The maximum atomic E-state index is 12.4. The predicted molar refractivity (Wildman–Crippen MR) is 96.0 cm³/mol. The number of anilines is 2. The van der Waals surface area contributed by atoms with Crippen LogP contribution in [0.15, 0.2) is 52.9 Å². The van der Waals surface area contributed by atoms with Crippen LogP contribution < -0.4 is 15.4 Å². The highest BCUT2D eigenvalue weighted by atomic mass is 16.5. The highest BCUT2D eigenvalue weighted by Gasteiger charge is 2.15. The van der Waals surface area contributed by atoms with Gasteiger partial charge in [-0.3, -0.25) is 9.59 Å². The maximum Gasteiger partial charge on any atom is 0.291 e. The number of nitrogens with one attached hydrogen (secondary N) is 2. The number of rotatable bonds is 5. The van der Waals surface area contributed by atoms with Gasteiger partial charge in [0.15, 0.2) is 5.76 Å². The van der Waals surface area contributed by atoms with Crippen LogP contribution in [0.25, 0.3) is 11.0 Å². The number of methoxy groups -OCH3 is 1. The third-order valence-corrected chi connectivity index (χ3v) is 3.62. The van der Waals surface area contributed by atoms with Gasteiger partial charge in [-0.05, 0) is 24.3 Å². The Kier molecular flexibility index (Phi) is 4.85. The molecule has 0 spiro atoms. The van der Waals surface area contributed by atoms with Gasteiger partial charge in [-0.1, -0.05) is 18.2 Å². The Morgan fingerprint density at radius 1 is 1.15 bits per heavy atom. The number of carbonyl (C=O) groups is 2. The number of fused-ring (bicyclic) bond motifs is 1. The van der Waals surface area contributed by atoms with Crippen LogP contribution >= 0.6 is 0 Å². The lowest BCUT2D eigenvalue weighted by molar-refractivity contribution is -0.115. The third kappa shape index (κ3) is 3.65. The van der Waals surface area contributed by atoms with Gasteiger partial charge in [0.05, 0.1) is 18.9 Å². The number of nitrogens with zero attached hydrogens (tertiary/aromatic N) is 1. The summed E-state index contributed by atoms with van der Waals surface area (Å²) in [6, 6.07) is 15.5. The summed E-state index contributed by atoms with van der Waals surface area (Å²) in [5.41, 5.74) is 1.51. The number of ether oxygens (including phenoxy) is 1. The molecule has 0 bridgehead atoms. The van der Waals surface area contributed by atoms with E-state index in [9.17, 15) is 9.59 Å². The van der Waals surface area contributed by atoms with Crippen LogP contribution in [-0.4, -0.2) is 18.9 Å². The van der Waals surface area contributed by atoms with Crippen molar-refractivity contribution in [2.45, 2.75) is 6.42 Å². The molecule has 26 heavy (non-hydrogen) atoms. The minimum Gasteiger partial charge on any atom is -0.494 e. The van der Waals surface area contributed by atoms with Crippen molar-refractivity contribution in [3.8, 4) is 11.8 Å². The first-order valence-electron chi connectivity index (χ1n) is 7.75. The molecule has 0 aliphatic rings. The van der Waals surface area contributed by atoms with Gasteiger partial charge in [0.2, 0.25) is 5.91 Å². The maximum absolute atomic E-state index is 12.4. The standard InChI is InChI=1S/C19H15N3O4/c1-25-16-11-13(21-18(23)8-9-20)6-7-14(16)22-19(24)17-10-12-4-2-3-5-15(12)26-17/h2-7,10-11H,8H2,1H3,(H,21,23)(H,22,24). The fourth-order valence-corrected chi connectivity index (χ4v) is 2.43. The van der Waals surface area contributed by atoms with E-state index in [0.29, 0.717) is 22.7 Å². The molecule has 2 amide bonds. The molecule has 0 radical (unpaired) electrons. The number of furan rings is 1. The lowest BCUT2D eigenvalue weighted by atomic mass is 10.2. The molecule has 3 rings (SSSR count). The molecule has 2 N–H and O–H groups in total. The van der Waals surface area contributed by atoms with E-state index in [2.05, 4.69) is 10.6 Å². The van der Waals surface area contributed by atoms with Gasteiger partial charge in [-0.25, -0.2) is 0 Å². The average Bonchev–Trinajstić information content (AvgIpc) is 3.07. The van der Waals surface area contributed by atoms with Gasteiger partial charge in [-0.2, -0.15) is 5.26 Å². The van der Waals surface area contributed by atoms with Gasteiger partial charge >= 0.3 is 0 Å². The van der Waals surface area contributed by atoms with E-state index in [1.165, 1.54) is 7.11 Å². The van der Waals surface area contributed by atoms with Gasteiger partial charge in [0.25, 0.3) is 5.91 Å². The monoisotopic (exact) mass is 349 g/mol. The van der Waals surface area contributed by atoms with E-state index in [1.807, 2.05) is 18.2 Å². The summed E-state index contributed by atoms with van der Waals surface area (Å²) in [4.78, 5) is 23.9. The number of nitriles is 1. The van der Waals surface area contributed by atoms with Crippen LogP contribution in [0.4, 0.5) is 11.4 Å². The molecular formula is C19H15N3O4. The Morgan fingerprint density at radius 2 is 1.96 bits per heavy atom. The van der Waals surface area contributed by atoms with E-state index >= 15 is 0 Å². The number of benzene rings is 2. The zero-order valence-corrected chi connectivity index (χ0v) is 13.9. The van der Waals surface area contributed by atoms with Crippen molar-refractivity contribution in [1.82, 2.24) is 0 Å². The van der Waals surface area contributed by atoms with Crippen LogP contribution in [0, 0.1) is 11.3 Å². The zero-order valence-electron chi connectivity index (χ0n) is 13.9. The molecule has 3 aromatic rings. The van der Waals surface area contributed by atoms with Crippen LogP contribution in [0.2, 0.25) is 0 Å². The Bertz CT molecular complexity index is 984. The predicted octanol–water partition coefficient (Wildman–Crippen LogP) is 3.55. The minimum absolute atomic E-state index is 0.180. The fourth-order valence-electron chi connectivity index (χ4n) is 2.43. The topological polar surface area (TPSA) is 104 Å². The number of hydrogen-bond acceptors (Lipinski definition) is 5. The normalized spacial score (nSPS) is 10.2. The molecule has 7 heteroatoms. The summed E-state index contributed by atoms with van der Waals surface area (Å²) in [5.74, 6) is -0.293. The first kappa shape index (κ1) is 17.0. The Morgan fingerprint density at radius 3 is 2.69 bits per heavy atom. The molecule has 1 aromatic heterocycles.